The maximum absolute atomic E-state index is 11.8. The highest BCUT2D eigenvalue weighted by molar-refractivity contribution is 8.00. The standard InChI is InChI=1S/C19H18ClN3O2S/c1-12-6-4-5-7-16(12)23-17(14-8-10-15(20)11-9-14)21-22-19(23)26-13(2)18(24)25-3/h4-11,13H,1-3H3/t13-/m0/s1. The molecular weight excluding hydrogens is 370 g/mol. The van der Waals surface area contributed by atoms with E-state index in [1.807, 2.05) is 60.0 Å². The molecule has 0 saturated carbocycles. The number of nitrogens with zero attached hydrogens (tertiary/aromatic N) is 3. The second-order valence-corrected chi connectivity index (χ2v) is 7.46. The van der Waals surface area contributed by atoms with Crippen molar-refractivity contribution in [2.75, 3.05) is 7.11 Å². The van der Waals surface area contributed by atoms with Crippen LogP contribution < -0.4 is 0 Å². The molecule has 0 radical (unpaired) electrons. The van der Waals surface area contributed by atoms with E-state index >= 15 is 0 Å². The summed E-state index contributed by atoms with van der Waals surface area (Å²) in [7, 11) is 1.38. The van der Waals surface area contributed by atoms with Crippen molar-refractivity contribution in [2.24, 2.45) is 0 Å². The van der Waals surface area contributed by atoms with Crippen LogP contribution in [0.3, 0.4) is 0 Å². The number of methoxy groups -OCH3 is 1. The van der Waals surface area contributed by atoms with E-state index in [9.17, 15) is 4.79 Å². The van der Waals surface area contributed by atoms with Gasteiger partial charge in [0.2, 0.25) is 0 Å². The van der Waals surface area contributed by atoms with Crippen LogP contribution in [0, 0.1) is 6.92 Å². The summed E-state index contributed by atoms with van der Waals surface area (Å²) in [6, 6.07) is 15.4. The van der Waals surface area contributed by atoms with Gasteiger partial charge in [-0.3, -0.25) is 9.36 Å². The number of benzene rings is 2. The van der Waals surface area contributed by atoms with Gasteiger partial charge in [-0.2, -0.15) is 0 Å². The molecular formula is C19H18ClN3O2S. The highest BCUT2D eigenvalue weighted by Crippen LogP contribution is 2.32. The van der Waals surface area contributed by atoms with Crippen LogP contribution in [0.15, 0.2) is 53.7 Å². The number of aryl methyl sites for hydroxylation is 1. The minimum Gasteiger partial charge on any atom is -0.468 e. The molecule has 3 rings (SSSR count). The summed E-state index contributed by atoms with van der Waals surface area (Å²) in [5, 5.41) is 9.58. The molecule has 0 bridgehead atoms. The molecule has 0 N–H and O–H groups in total. The Bertz CT molecular complexity index is 925. The van der Waals surface area contributed by atoms with Crippen molar-refractivity contribution >= 4 is 29.3 Å². The second kappa shape index (κ2) is 7.93. The van der Waals surface area contributed by atoms with Crippen LogP contribution in [0.5, 0.6) is 0 Å². The van der Waals surface area contributed by atoms with Crippen molar-refractivity contribution in [3.63, 3.8) is 0 Å². The van der Waals surface area contributed by atoms with Gasteiger partial charge in [-0.15, -0.1) is 10.2 Å². The molecule has 26 heavy (non-hydrogen) atoms. The van der Waals surface area contributed by atoms with Gasteiger partial charge in [0.15, 0.2) is 11.0 Å². The maximum atomic E-state index is 11.8. The normalized spacial score (nSPS) is 12.0. The lowest BCUT2D eigenvalue weighted by Gasteiger charge is -2.14. The Morgan fingerprint density at radius 1 is 1.15 bits per heavy atom. The minimum absolute atomic E-state index is 0.303. The van der Waals surface area contributed by atoms with E-state index in [0.717, 1.165) is 16.8 Å². The number of carbonyl (C=O) groups is 1. The lowest BCUT2D eigenvalue weighted by molar-refractivity contribution is -0.139. The third-order valence-corrected chi connectivity index (χ3v) is 5.18. The van der Waals surface area contributed by atoms with E-state index < -0.39 is 5.25 Å². The Balaban J connectivity index is 2.12. The number of rotatable bonds is 5. The Morgan fingerprint density at radius 3 is 2.50 bits per heavy atom. The van der Waals surface area contributed by atoms with Gasteiger partial charge in [-0.05, 0) is 49.7 Å². The average molecular weight is 388 g/mol. The van der Waals surface area contributed by atoms with Gasteiger partial charge in [0, 0.05) is 10.6 Å². The number of hydrogen-bond acceptors (Lipinski definition) is 5. The van der Waals surface area contributed by atoms with Crippen LogP contribution in [0.2, 0.25) is 5.02 Å². The number of aromatic nitrogens is 3. The molecule has 1 atom stereocenters. The highest BCUT2D eigenvalue weighted by Gasteiger charge is 2.22. The summed E-state index contributed by atoms with van der Waals surface area (Å²) in [5.41, 5.74) is 2.93. The molecule has 0 aliphatic rings. The van der Waals surface area contributed by atoms with Crippen LogP contribution in [0.1, 0.15) is 12.5 Å². The van der Waals surface area contributed by atoms with Gasteiger partial charge < -0.3 is 4.74 Å². The number of carbonyl (C=O) groups excluding carboxylic acids is 1. The molecule has 0 fully saturated rings. The molecule has 134 valence electrons. The predicted molar refractivity (Wildman–Crippen MR) is 104 cm³/mol. The van der Waals surface area contributed by atoms with Crippen LogP contribution in [0.4, 0.5) is 0 Å². The first-order valence-electron chi connectivity index (χ1n) is 8.03. The number of halogens is 1. The molecule has 0 unspecified atom stereocenters. The fraction of sp³-hybridized carbons (Fsp3) is 0.211. The fourth-order valence-corrected chi connectivity index (χ4v) is 3.55. The zero-order valence-electron chi connectivity index (χ0n) is 14.6. The number of hydrogen-bond donors (Lipinski definition) is 0. The monoisotopic (exact) mass is 387 g/mol. The summed E-state index contributed by atoms with van der Waals surface area (Å²) in [6.07, 6.45) is 0. The van der Waals surface area contributed by atoms with E-state index in [4.69, 9.17) is 16.3 Å². The van der Waals surface area contributed by atoms with Gasteiger partial charge in [-0.25, -0.2) is 0 Å². The zero-order valence-corrected chi connectivity index (χ0v) is 16.2. The first-order valence-corrected chi connectivity index (χ1v) is 9.29. The van der Waals surface area contributed by atoms with E-state index in [-0.39, 0.29) is 5.97 Å². The topological polar surface area (TPSA) is 57.0 Å². The summed E-state index contributed by atoms with van der Waals surface area (Å²) in [5.74, 6) is 0.387. The molecule has 7 heteroatoms. The molecule has 0 saturated heterocycles. The first kappa shape index (κ1) is 18.5. The Labute approximate surface area is 161 Å². The number of para-hydroxylation sites is 1. The van der Waals surface area contributed by atoms with Crippen molar-refractivity contribution in [3.05, 3.63) is 59.1 Å². The van der Waals surface area contributed by atoms with E-state index in [1.165, 1.54) is 18.9 Å². The fourth-order valence-electron chi connectivity index (χ4n) is 2.54. The lowest BCUT2D eigenvalue weighted by Crippen LogP contribution is -2.15. The molecule has 0 amide bonds. The Hall–Kier alpha value is -2.31. The van der Waals surface area contributed by atoms with E-state index in [2.05, 4.69) is 10.2 Å². The minimum atomic E-state index is -0.398. The predicted octanol–water partition coefficient (Wildman–Crippen LogP) is 4.55. The van der Waals surface area contributed by atoms with Crippen molar-refractivity contribution in [3.8, 4) is 17.1 Å². The summed E-state index contributed by atoms with van der Waals surface area (Å²) < 4.78 is 6.79. The van der Waals surface area contributed by atoms with Gasteiger partial charge in [0.25, 0.3) is 0 Å². The summed E-state index contributed by atoms with van der Waals surface area (Å²) >= 11 is 7.32. The molecule has 0 aliphatic heterocycles. The first-order chi connectivity index (χ1) is 12.5. The third kappa shape index (κ3) is 3.76. The van der Waals surface area contributed by atoms with Crippen LogP contribution in [0.25, 0.3) is 17.1 Å². The maximum Gasteiger partial charge on any atom is 0.318 e. The van der Waals surface area contributed by atoms with Crippen molar-refractivity contribution in [1.29, 1.82) is 0 Å². The summed E-state index contributed by atoms with van der Waals surface area (Å²) in [6.45, 7) is 3.81. The molecule has 0 aliphatic carbocycles. The quantitative estimate of drug-likeness (QED) is 0.474. The molecule has 1 heterocycles. The number of esters is 1. The average Bonchev–Trinajstić information content (AvgIpc) is 3.05. The Morgan fingerprint density at radius 2 is 1.85 bits per heavy atom. The third-order valence-electron chi connectivity index (χ3n) is 3.91. The van der Waals surface area contributed by atoms with Gasteiger partial charge >= 0.3 is 5.97 Å². The highest BCUT2D eigenvalue weighted by atomic mass is 35.5. The number of thioether (sulfide) groups is 1. The smallest absolute Gasteiger partial charge is 0.318 e. The van der Waals surface area contributed by atoms with Gasteiger partial charge in [-0.1, -0.05) is 41.6 Å². The van der Waals surface area contributed by atoms with Crippen molar-refractivity contribution < 1.29 is 9.53 Å². The van der Waals surface area contributed by atoms with E-state index in [0.29, 0.717) is 16.0 Å². The largest absolute Gasteiger partial charge is 0.468 e. The van der Waals surface area contributed by atoms with E-state index in [1.54, 1.807) is 6.92 Å². The van der Waals surface area contributed by atoms with Gasteiger partial charge in [0.1, 0.15) is 5.25 Å². The van der Waals surface area contributed by atoms with Crippen LogP contribution in [-0.2, 0) is 9.53 Å². The molecule has 2 aromatic carbocycles. The van der Waals surface area contributed by atoms with Crippen molar-refractivity contribution in [1.82, 2.24) is 14.8 Å². The lowest BCUT2D eigenvalue weighted by atomic mass is 10.1. The zero-order chi connectivity index (χ0) is 18.7. The van der Waals surface area contributed by atoms with Crippen molar-refractivity contribution in [2.45, 2.75) is 24.3 Å². The molecule has 0 spiro atoms. The SMILES string of the molecule is COC(=O)[C@H](C)Sc1nnc(-c2ccc(Cl)cc2)n1-c1ccccc1C. The Kier molecular flexibility index (Phi) is 5.64. The van der Waals surface area contributed by atoms with Crippen LogP contribution >= 0.6 is 23.4 Å². The van der Waals surface area contributed by atoms with Crippen LogP contribution in [-0.4, -0.2) is 33.1 Å². The summed E-state index contributed by atoms with van der Waals surface area (Å²) in [4.78, 5) is 11.8. The molecule has 3 aromatic rings. The molecule has 1 aromatic heterocycles. The van der Waals surface area contributed by atoms with Gasteiger partial charge in [0.05, 0.1) is 12.8 Å². The second-order valence-electron chi connectivity index (χ2n) is 5.72. The molecule has 5 nitrogen and oxygen atoms in total. The number of ether oxygens (including phenoxy) is 1.